The fourth-order valence-electron chi connectivity index (χ4n) is 6.77. The maximum Gasteiger partial charge on any atom is 0.238 e. The van der Waals surface area contributed by atoms with E-state index in [2.05, 4.69) is 15.0 Å². The van der Waals surface area contributed by atoms with Crippen LogP contribution < -0.4 is 0 Å². The molecule has 0 fully saturated rings. The van der Waals surface area contributed by atoms with Crippen molar-refractivity contribution in [3.63, 3.8) is 0 Å². The van der Waals surface area contributed by atoms with Crippen LogP contribution >= 0.6 is 11.3 Å². The van der Waals surface area contributed by atoms with Gasteiger partial charge in [0.15, 0.2) is 11.6 Å². The van der Waals surface area contributed by atoms with Crippen molar-refractivity contribution in [1.29, 1.82) is 0 Å². The molecular weight excluding hydrogens is 701 g/mol. The minimum absolute atomic E-state index is 0.180. The summed E-state index contributed by atoms with van der Waals surface area (Å²) in [6, 6.07) is -26.3. The smallest absolute Gasteiger partial charge is 0.238 e. The number of fused-ring (bicyclic) bond motifs is 12. The second-order valence-electron chi connectivity index (χ2n) is 12.1. The molecule has 3 heterocycles. The number of aromatic nitrogens is 4. The lowest BCUT2D eigenvalue weighted by Crippen LogP contribution is -2.07. The molecule has 12 aromatic rings. The Morgan fingerprint density at radius 2 is 0.946 bits per heavy atom. The molecule has 0 aliphatic heterocycles. The van der Waals surface area contributed by atoms with Crippen LogP contribution in [0.25, 0.3) is 114 Å². The first kappa shape index (κ1) is 13.8. The van der Waals surface area contributed by atoms with E-state index in [1.54, 1.807) is 0 Å². The fraction of sp³-hybridized carbons (Fsp3) is 0. The highest BCUT2D eigenvalue weighted by Crippen LogP contribution is 2.44. The van der Waals surface area contributed by atoms with E-state index in [0.717, 1.165) is 4.57 Å². The van der Waals surface area contributed by atoms with Gasteiger partial charge in [-0.25, -0.2) is 4.98 Å². The minimum atomic E-state index is -1.04. The molecule has 0 N–H and O–H groups in total. The van der Waals surface area contributed by atoms with E-state index in [0.29, 0.717) is 11.3 Å². The molecule has 0 amide bonds. The molecule has 0 aliphatic rings. The molecule has 0 saturated carbocycles. The molecule has 0 atom stereocenters. The predicted octanol–water partition coefficient (Wildman–Crippen LogP) is 13.8. The summed E-state index contributed by atoms with van der Waals surface area (Å²) in [5.41, 5.74) is -4.22. The Kier molecular flexibility index (Phi) is 3.00. The summed E-state index contributed by atoms with van der Waals surface area (Å²) in [5, 5.41) is -5.13. The van der Waals surface area contributed by atoms with Gasteiger partial charge in [-0.3, -0.25) is 4.57 Å². The summed E-state index contributed by atoms with van der Waals surface area (Å²) in [5.74, 6) is -2.85. The van der Waals surface area contributed by atoms with Crippen molar-refractivity contribution in [2.24, 2.45) is 0 Å². The number of rotatable bonds is 4. The van der Waals surface area contributed by atoms with Gasteiger partial charge in [-0.05, 0) is 50.4 Å². The monoisotopic (exact) mass is 760 g/mol. The van der Waals surface area contributed by atoms with Crippen LogP contribution in [0.4, 0.5) is 0 Å². The molecule has 0 aliphatic carbocycles. The second kappa shape index (κ2) is 12.2. The zero-order valence-corrected chi connectivity index (χ0v) is 28.5. The van der Waals surface area contributed by atoms with Crippen molar-refractivity contribution in [3.05, 3.63) is 181 Å². The third-order valence-corrected chi connectivity index (χ3v) is 10.2. The molecule has 5 heteroatoms. The summed E-state index contributed by atoms with van der Waals surface area (Å²) in [7, 11) is 0. The molecule has 9 aromatic carbocycles. The van der Waals surface area contributed by atoms with Crippen molar-refractivity contribution >= 4 is 85.6 Å². The van der Waals surface area contributed by atoms with Gasteiger partial charge in [0.05, 0.1) is 52.2 Å². The number of nitrogens with zero attached hydrogens (tertiary/aromatic N) is 4. The van der Waals surface area contributed by atoms with Crippen molar-refractivity contribution < 1.29 is 41.1 Å². The van der Waals surface area contributed by atoms with Crippen molar-refractivity contribution in [2.75, 3.05) is 0 Å². The Hall–Kier alpha value is -7.21. The highest BCUT2D eigenvalue weighted by molar-refractivity contribution is 7.26. The molecule has 3 aromatic heterocycles. The summed E-state index contributed by atoms with van der Waals surface area (Å²) < 4.78 is 272. The maximum atomic E-state index is 10.0. The van der Waals surface area contributed by atoms with Crippen LogP contribution in [0.15, 0.2) is 181 Å². The van der Waals surface area contributed by atoms with Gasteiger partial charge in [0, 0.05) is 53.2 Å². The number of hydrogen-bond donors (Lipinski definition) is 0. The van der Waals surface area contributed by atoms with Crippen LogP contribution in [0.3, 0.4) is 0 Å². The first-order chi connectivity index (χ1) is 40.3. The maximum absolute atomic E-state index is 10.0. The van der Waals surface area contributed by atoms with E-state index in [9.17, 15) is 13.7 Å². The fourth-order valence-corrected chi connectivity index (χ4v) is 7.85. The Morgan fingerprint density at radius 1 is 0.393 bits per heavy atom. The Bertz CT molecular complexity index is 5240. The van der Waals surface area contributed by atoms with Gasteiger partial charge in [-0.2, -0.15) is 9.97 Å². The lowest BCUT2D eigenvalue weighted by Gasteiger charge is -2.14. The van der Waals surface area contributed by atoms with Gasteiger partial charge in [0.25, 0.3) is 0 Å². The lowest BCUT2D eigenvalue weighted by molar-refractivity contribution is 0.954. The quantitative estimate of drug-likeness (QED) is 0.168. The Morgan fingerprint density at radius 3 is 1.70 bits per heavy atom. The van der Waals surface area contributed by atoms with Gasteiger partial charge < -0.3 is 0 Å². The van der Waals surface area contributed by atoms with Crippen molar-refractivity contribution in [1.82, 2.24) is 19.5 Å². The number of para-hydroxylation sites is 2. The van der Waals surface area contributed by atoms with Crippen molar-refractivity contribution in [2.45, 2.75) is 0 Å². The zero-order valence-electron chi connectivity index (χ0n) is 57.7. The first-order valence-electron chi connectivity index (χ1n) is 31.4. The van der Waals surface area contributed by atoms with E-state index in [4.69, 9.17) is 27.4 Å². The zero-order chi connectivity index (χ0) is 62.9. The summed E-state index contributed by atoms with van der Waals surface area (Å²) in [6.07, 6.45) is 0. The largest absolute Gasteiger partial charge is 0.277 e. The van der Waals surface area contributed by atoms with Gasteiger partial charge >= 0.3 is 0 Å². The molecule has 0 radical (unpaired) electrons. The number of benzene rings is 9. The van der Waals surface area contributed by atoms with Crippen LogP contribution in [0.5, 0.6) is 0 Å². The Balaban J connectivity index is 1.36. The van der Waals surface area contributed by atoms with E-state index in [1.165, 1.54) is 0 Å². The highest BCUT2D eigenvalue weighted by Gasteiger charge is 2.22. The SMILES string of the molecule is [2H]c1c([2H])c([2H])c(-c2nc(-c3c([2H])c([2H])c4c5c([2H])c([2H])c([2H])c([2H])c5c5c([2H])c([2H])c([2H])c([2H])c5c4c3[2H])nc(-n3c4c([2H])c([2H])c([2H])c([2H])c4c4c([2H])c([2H])c([2H])c(-c5c([2H])c([2H])c([2H])c6c5sc5c([2H])c([2H])c([2H])c([2H])c56)c43)n2)c([2H])c1[2H]. The average molecular weight is 761 g/mol. The lowest BCUT2D eigenvalue weighted by atomic mass is 9.93. The van der Waals surface area contributed by atoms with Gasteiger partial charge in [-0.1, -0.05) is 163 Å². The van der Waals surface area contributed by atoms with Crippen LogP contribution in [-0.4, -0.2) is 19.5 Å². The molecule has 0 bridgehead atoms. The normalized spacial score (nSPS) is 19.4. The van der Waals surface area contributed by atoms with E-state index >= 15 is 0 Å². The molecule has 260 valence electrons. The van der Waals surface area contributed by atoms with Crippen molar-refractivity contribution in [3.8, 4) is 39.9 Å². The highest BCUT2D eigenvalue weighted by atomic mass is 32.1. The van der Waals surface area contributed by atoms with Crippen LogP contribution in [0.2, 0.25) is 0 Å². The van der Waals surface area contributed by atoms with Crippen LogP contribution in [0, 0.1) is 0 Å². The molecule has 56 heavy (non-hydrogen) atoms. The topological polar surface area (TPSA) is 43.6 Å². The minimum Gasteiger partial charge on any atom is -0.277 e. The predicted molar refractivity (Wildman–Crippen MR) is 236 cm³/mol. The number of thiophene rings is 1. The standard InChI is InChI=1S/C51H30N4S/c1-2-14-31(15-3-1)49-52-50(32-28-29-37-35-18-5-4-16-33(35)34-17-6-7-19-36(34)44(37)30-32)54-51(53-49)55-45-26-10-8-20-38(45)40-22-12-23-41(47(40)55)43-25-13-24-42-39-21-9-11-27-46(39)56-48(42)43/h1-30H/i1D,2D,3D,4D,5D,6D,7D,8D,9D,10D,11D,12D,13D,14D,15D,16D,17D,18D,19D,20D,21D,22D,23D,24D,25D,26D,27D,28D,29D,30D. The van der Waals surface area contributed by atoms with Crippen LogP contribution in [-0.2, 0) is 0 Å². The Labute approximate surface area is 367 Å². The van der Waals surface area contributed by atoms with Gasteiger partial charge in [-0.15, -0.1) is 11.3 Å². The number of hydrogen-bond acceptors (Lipinski definition) is 4. The summed E-state index contributed by atoms with van der Waals surface area (Å²) in [6.45, 7) is 0. The molecule has 4 nitrogen and oxygen atoms in total. The summed E-state index contributed by atoms with van der Waals surface area (Å²) in [4.78, 5) is 13.6. The third kappa shape index (κ3) is 4.62. The molecule has 12 rings (SSSR count). The van der Waals surface area contributed by atoms with Gasteiger partial charge in [0.1, 0.15) is 0 Å². The molecular formula is C51H30N4S. The molecule has 0 spiro atoms. The van der Waals surface area contributed by atoms with Gasteiger partial charge in [0.2, 0.25) is 5.95 Å². The van der Waals surface area contributed by atoms with E-state index < -0.39 is 275 Å². The average Bonchev–Trinajstić information content (AvgIpc) is 1.20. The van der Waals surface area contributed by atoms with E-state index in [1.807, 2.05) is 0 Å². The molecule has 0 unspecified atom stereocenters. The first-order valence-corrected chi connectivity index (χ1v) is 17.2. The second-order valence-corrected chi connectivity index (χ2v) is 13.1. The summed E-state index contributed by atoms with van der Waals surface area (Å²) >= 11 is 0.599. The van der Waals surface area contributed by atoms with E-state index in [-0.39, 0.29) is 20.2 Å². The molecule has 0 saturated heterocycles. The third-order valence-electron chi connectivity index (χ3n) is 9.11. The van der Waals surface area contributed by atoms with Crippen LogP contribution in [0.1, 0.15) is 41.1 Å².